The summed E-state index contributed by atoms with van der Waals surface area (Å²) in [6.45, 7) is 0. The van der Waals surface area contributed by atoms with Crippen LogP contribution in [0, 0.1) is 10.1 Å². The first kappa shape index (κ1) is 15.8. The van der Waals surface area contributed by atoms with Gasteiger partial charge in [-0.3, -0.25) is 0 Å². The Kier molecular flexibility index (Phi) is 4.97. The van der Waals surface area contributed by atoms with Crippen LogP contribution in [0.25, 0.3) is 11.3 Å². The summed E-state index contributed by atoms with van der Waals surface area (Å²) in [6.07, 6.45) is 1.25. The molecule has 3 N–H and O–H groups in total. The zero-order valence-electron chi connectivity index (χ0n) is 10.9. The maximum Gasteiger partial charge on any atom is 0.275 e. The van der Waals surface area contributed by atoms with E-state index < -0.39 is 11.0 Å². The lowest BCUT2D eigenvalue weighted by Crippen LogP contribution is -2.35. The van der Waals surface area contributed by atoms with E-state index in [2.05, 4.69) is 10.2 Å². The fourth-order valence-corrected chi connectivity index (χ4v) is 1.92. The first-order valence-corrected chi connectivity index (χ1v) is 6.54. The average Bonchev–Trinajstić information content (AvgIpc) is 2.89. The van der Waals surface area contributed by atoms with Gasteiger partial charge in [0, 0.05) is 5.56 Å². The number of nitro groups is 1. The van der Waals surface area contributed by atoms with Gasteiger partial charge in [-0.2, -0.15) is 5.10 Å². The second kappa shape index (κ2) is 6.92. The van der Waals surface area contributed by atoms with Crippen molar-refractivity contribution < 1.29 is 9.45 Å². The van der Waals surface area contributed by atoms with Crippen LogP contribution >= 0.6 is 23.2 Å². The second-order valence-corrected chi connectivity index (χ2v) is 4.69. The maximum atomic E-state index is 10.1. The molecule has 0 aliphatic carbocycles. The van der Waals surface area contributed by atoms with E-state index in [0.717, 1.165) is 0 Å². The molecule has 0 saturated carbocycles. The largest absolute Gasteiger partial charge is 0.455 e. The molecule has 0 aliphatic rings. The van der Waals surface area contributed by atoms with Crippen LogP contribution in [-0.2, 0) is 0 Å². The van der Waals surface area contributed by atoms with E-state index in [9.17, 15) is 10.1 Å². The number of nitrogens with one attached hydrogen (secondary N) is 1. The summed E-state index contributed by atoms with van der Waals surface area (Å²) in [5.74, 6) is 0.406. The number of hydrogen-bond donors (Lipinski definition) is 2. The Morgan fingerprint density at radius 1 is 1.36 bits per heavy atom. The topological polar surface area (TPSA) is 119 Å². The van der Waals surface area contributed by atoms with Crippen LogP contribution in [0.5, 0.6) is 0 Å². The van der Waals surface area contributed by atoms with E-state index in [-0.39, 0.29) is 0 Å². The summed E-state index contributed by atoms with van der Waals surface area (Å²) >= 11 is 12.0. The van der Waals surface area contributed by atoms with Crippen molar-refractivity contribution in [3.05, 3.63) is 56.3 Å². The van der Waals surface area contributed by atoms with Crippen molar-refractivity contribution in [2.45, 2.75) is 0 Å². The van der Waals surface area contributed by atoms with Gasteiger partial charge in [-0.1, -0.05) is 34.7 Å². The minimum Gasteiger partial charge on any atom is -0.455 e. The van der Waals surface area contributed by atoms with E-state index in [4.69, 9.17) is 33.4 Å². The third kappa shape index (κ3) is 3.96. The van der Waals surface area contributed by atoms with Gasteiger partial charge < -0.3 is 10.2 Å². The molecule has 114 valence electrons. The van der Waals surface area contributed by atoms with Gasteiger partial charge in [0.1, 0.15) is 11.5 Å². The summed E-state index contributed by atoms with van der Waals surface area (Å²) in [6, 6.07) is 8.47. The molecule has 1 heterocycles. The molecule has 8 nitrogen and oxygen atoms in total. The highest BCUT2D eigenvalue weighted by molar-refractivity contribution is 6.43. The zero-order valence-corrected chi connectivity index (χ0v) is 12.4. The summed E-state index contributed by atoms with van der Waals surface area (Å²) in [4.78, 5) is 10.1. The fraction of sp³-hybridized carbons (Fsp3) is 0. The fourth-order valence-electron chi connectivity index (χ4n) is 1.52. The monoisotopic (exact) mass is 341 g/mol. The molecule has 0 aliphatic heterocycles. The van der Waals surface area contributed by atoms with E-state index in [1.165, 1.54) is 6.21 Å². The SMILES string of the molecule is NC(=NN=Cc1ccc(-c2cccc(Cl)c2Cl)o1)N[N+](=O)[O-]. The molecule has 0 amide bonds. The Hall–Kier alpha value is -2.58. The number of hydrogen-bond acceptors (Lipinski definition) is 5. The number of furan rings is 1. The van der Waals surface area contributed by atoms with Crippen LogP contribution in [0.4, 0.5) is 0 Å². The number of nitrogens with two attached hydrogens (primary N) is 1. The van der Waals surface area contributed by atoms with Crippen LogP contribution in [0.15, 0.2) is 45.0 Å². The molecule has 2 rings (SSSR count). The lowest BCUT2D eigenvalue weighted by molar-refractivity contribution is -0.525. The Labute approximate surface area is 134 Å². The first-order valence-electron chi connectivity index (χ1n) is 5.79. The number of rotatable bonds is 4. The molecule has 1 aromatic heterocycles. The summed E-state index contributed by atoms with van der Waals surface area (Å²) < 4.78 is 5.51. The van der Waals surface area contributed by atoms with Crippen LogP contribution < -0.4 is 11.2 Å². The van der Waals surface area contributed by atoms with Gasteiger partial charge in [-0.25, -0.2) is 10.1 Å². The zero-order chi connectivity index (χ0) is 16.1. The molecular weight excluding hydrogens is 333 g/mol. The maximum absolute atomic E-state index is 10.1. The van der Waals surface area contributed by atoms with E-state index in [1.807, 2.05) is 0 Å². The smallest absolute Gasteiger partial charge is 0.275 e. The molecule has 0 spiro atoms. The van der Waals surface area contributed by atoms with Crippen molar-refractivity contribution in [1.82, 2.24) is 5.43 Å². The molecule has 1 aromatic carbocycles. The predicted octanol–water partition coefficient (Wildman–Crippen LogP) is 2.68. The molecular formula is C12H9Cl2N5O3. The number of hydrazine groups is 1. The minimum absolute atomic E-state index is 0.365. The Morgan fingerprint density at radius 2 is 2.14 bits per heavy atom. The van der Waals surface area contributed by atoms with Crippen LogP contribution in [0.1, 0.15) is 5.76 Å². The van der Waals surface area contributed by atoms with Crippen molar-refractivity contribution in [2.24, 2.45) is 15.9 Å². The van der Waals surface area contributed by atoms with Crippen molar-refractivity contribution in [1.29, 1.82) is 0 Å². The van der Waals surface area contributed by atoms with E-state index >= 15 is 0 Å². The molecule has 0 atom stereocenters. The van der Waals surface area contributed by atoms with Crippen LogP contribution in [0.3, 0.4) is 0 Å². The predicted molar refractivity (Wildman–Crippen MR) is 83.5 cm³/mol. The van der Waals surface area contributed by atoms with E-state index in [0.29, 0.717) is 27.1 Å². The molecule has 0 fully saturated rings. The van der Waals surface area contributed by atoms with Crippen LogP contribution in [-0.4, -0.2) is 17.2 Å². The first-order chi connectivity index (χ1) is 10.5. The number of benzene rings is 1. The molecule has 0 unspecified atom stereocenters. The van der Waals surface area contributed by atoms with Crippen molar-refractivity contribution in [3.63, 3.8) is 0 Å². The number of halogens is 2. The molecule has 2 aromatic rings. The third-order valence-corrected chi connectivity index (χ3v) is 3.22. The van der Waals surface area contributed by atoms with Gasteiger partial charge in [0.25, 0.3) is 5.96 Å². The standard InChI is InChI=1S/C12H9Cl2N5O3/c13-9-3-1-2-8(11(9)14)10-5-4-7(22-10)6-16-17-12(15)18-19(20)21/h1-6H,(H3,15,17,18). The van der Waals surface area contributed by atoms with Crippen molar-refractivity contribution in [3.8, 4) is 11.3 Å². The van der Waals surface area contributed by atoms with Gasteiger partial charge >= 0.3 is 0 Å². The van der Waals surface area contributed by atoms with E-state index in [1.54, 1.807) is 35.8 Å². The third-order valence-electron chi connectivity index (χ3n) is 2.40. The van der Waals surface area contributed by atoms with Crippen molar-refractivity contribution >= 4 is 35.4 Å². The highest BCUT2D eigenvalue weighted by atomic mass is 35.5. The molecule has 0 saturated heterocycles. The van der Waals surface area contributed by atoms with Gasteiger partial charge in [0.2, 0.25) is 0 Å². The molecule has 10 heteroatoms. The van der Waals surface area contributed by atoms with Crippen molar-refractivity contribution in [2.75, 3.05) is 0 Å². The number of nitrogens with zero attached hydrogens (tertiary/aromatic N) is 3. The van der Waals surface area contributed by atoms with Gasteiger partial charge in [-0.05, 0) is 24.3 Å². The Morgan fingerprint density at radius 3 is 2.86 bits per heavy atom. The van der Waals surface area contributed by atoms with Gasteiger partial charge in [0.15, 0.2) is 5.03 Å². The molecule has 0 bridgehead atoms. The second-order valence-electron chi connectivity index (χ2n) is 3.90. The summed E-state index contributed by atoms with van der Waals surface area (Å²) in [5.41, 5.74) is 7.47. The van der Waals surface area contributed by atoms with Crippen LogP contribution in [0.2, 0.25) is 10.0 Å². The Balaban J connectivity index is 2.15. The molecule has 0 radical (unpaired) electrons. The number of guanidine groups is 1. The summed E-state index contributed by atoms with van der Waals surface area (Å²) in [5, 5.41) is 17.0. The van der Waals surface area contributed by atoms with Gasteiger partial charge in [-0.15, -0.1) is 5.10 Å². The average molecular weight is 342 g/mol. The summed E-state index contributed by atoms with van der Waals surface area (Å²) in [7, 11) is 0. The lowest BCUT2D eigenvalue weighted by Gasteiger charge is -2.01. The quantitative estimate of drug-likeness (QED) is 0.383. The van der Waals surface area contributed by atoms with Gasteiger partial charge in [0.05, 0.1) is 16.3 Å². The highest BCUT2D eigenvalue weighted by Crippen LogP contribution is 2.34. The Bertz CT molecular complexity index is 757. The minimum atomic E-state index is -0.847. The normalized spacial score (nSPS) is 11.8. The molecule has 22 heavy (non-hydrogen) atoms. The lowest BCUT2D eigenvalue weighted by atomic mass is 10.2. The highest BCUT2D eigenvalue weighted by Gasteiger charge is 2.10.